The van der Waals surface area contributed by atoms with E-state index in [2.05, 4.69) is 32.6 Å². The van der Waals surface area contributed by atoms with Gasteiger partial charge in [-0.3, -0.25) is 4.79 Å². The normalized spacial score (nSPS) is 10.9. The number of nitrogens with zero attached hydrogens (tertiary/aromatic N) is 1. The van der Waals surface area contributed by atoms with Crippen LogP contribution in [0, 0.1) is 0 Å². The van der Waals surface area contributed by atoms with Gasteiger partial charge in [0.25, 0.3) is 0 Å². The molecule has 0 fully saturated rings. The molecule has 0 aromatic heterocycles. The van der Waals surface area contributed by atoms with Crippen molar-refractivity contribution < 1.29 is 4.79 Å². The van der Waals surface area contributed by atoms with Gasteiger partial charge in [-0.2, -0.15) is 0 Å². The molecule has 0 rings (SSSR count). The van der Waals surface area contributed by atoms with Crippen molar-refractivity contribution in [2.75, 3.05) is 13.1 Å². The summed E-state index contributed by atoms with van der Waals surface area (Å²) in [6.45, 7) is 12.7. The van der Waals surface area contributed by atoms with Crippen LogP contribution >= 0.6 is 0 Å². The molecule has 39 heavy (non-hydrogen) atoms. The lowest BCUT2D eigenvalue weighted by Crippen LogP contribution is -2.30. The Bertz CT molecular complexity index is 433. The lowest BCUT2D eigenvalue weighted by molar-refractivity contribution is -0.129. The highest BCUT2D eigenvalue weighted by Gasteiger charge is 2.07. The summed E-state index contributed by atoms with van der Waals surface area (Å²) in [6.07, 6.45) is 40.1. The molecule has 0 aliphatic rings. The first-order valence-electron chi connectivity index (χ1n) is 18.4. The smallest absolute Gasteiger partial charge is 0.219 e. The Hall–Kier alpha value is -0.530. The lowest BCUT2D eigenvalue weighted by atomic mass is 10.0. The van der Waals surface area contributed by atoms with E-state index >= 15 is 0 Å². The minimum Gasteiger partial charge on any atom is -0.343 e. The molecule has 2 heteroatoms. The monoisotopic (exact) mass is 552 g/mol. The van der Waals surface area contributed by atoms with Crippen molar-refractivity contribution in [2.45, 2.75) is 221 Å². The van der Waals surface area contributed by atoms with Crippen molar-refractivity contribution in [1.29, 1.82) is 0 Å². The van der Waals surface area contributed by atoms with Crippen molar-refractivity contribution >= 4 is 5.91 Å². The molecule has 0 atom stereocenters. The van der Waals surface area contributed by atoms with Crippen LogP contribution in [0.3, 0.4) is 0 Å². The first-order chi connectivity index (χ1) is 19.1. The molecule has 2 nitrogen and oxygen atoms in total. The second-order valence-corrected chi connectivity index (χ2v) is 12.3. The second kappa shape index (κ2) is 37.5. The van der Waals surface area contributed by atoms with E-state index in [0.29, 0.717) is 0 Å². The second-order valence-electron chi connectivity index (χ2n) is 12.3. The standard InChI is InChI=1S/C32H65NO.C5H12/c1-4-6-8-10-12-14-16-17-18-19-21-23-25-27-29-31-33(32(3)34)30-28-26-24-22-20-15-13-11-9-7-5-2;1-3-5-4-2/h4-31H2,1-3H3;3-5H2,1-2H3. The predicted molar refractivity (Wildman–Crippen MR) is 179 cm³/mol. The quantitative estimate of drug-likeness (QED) is 0.0813. The highest BCUT2D eigenvalue weighted by atomic mass is 16.2. The molecule has 0 saturated heterocycles. The van der Waals surface area contributed by atoms with E-state index in [0.717, 1.165) is 13.1 Å². The molecular weight excluding hydrogens is 474 g/mol. The van der Waals surface area contributed by atoms with Gasteiger partial charge in [0.15, 0.2) is 0 Å². The van der Waals surface area contributed by atoms with E-state index in [9.17, 15) is 4.79 Å². The molecule has 0 bridgehead atoms. The van der Waals surface area contributed by atoms with Crippen molar-refractivity contribution in [3.05, 3.63) is 0 Å². The Labute approximate surface area is 249 Å². The molecular formula is C37H77NO. The molecule has 0 N–H and O–H groups in total. The molecule has 0 heterocycles. The zero-order valence-electron chi connectivity index (χ0n) is 28.3. The number of carbonyl (C=O) groups is 1. The molecule has 0 saturated carbocycles. The average molecular weight is 552 g/mol. The average Bonchev–Trinajstić information content (AvgIpc) is 2.93. The van der Waals surface area contributed by atoms with Gasteiger partial charge in [-0.1, -0.05) is 201 Å². The summed E-state index contributed by atoms with van der Waals surface area (Å²) in [5.74, 6) is 0.275. The van der Waals surface area contributed by atoms with Gasteiger partial charge in [0, 0.05) is 20.0 Å². The number of hydrogen-bond acceptors (Lipinski definition) is 1. The van der Waals surface area contributed by atoms with Crippen LogP contribution in [0.4, 0.5) is 0 Å². The summed E-state index contributed by atoms with van der Waals surface area (Å²) in [6, 6.07) is 0. The van der Waals surface area contributed by atoms with Crippen LogP contribution in [0.15, 0.2) is 0 Å². The van der Waals surface area contributed by atoms with Crippen LogP contribution in [-0.4, -0.2) is 23.9 Å². The van der Waals surface area contributed by atoms with Gasteiger partial charge in [-0.25, -0.2) is 0 Å². The van der Waals surface area contributed by atoms with Gasteiger partial charge < -0.3 is 4.90 Å². The van der Waals surface area contributed by atoms with Crippen molar-refractivity contribution in [2.24, 2.45) is 0 Å². The van der Waals surface area contributed by atoms with Crippen molar-refractivity contribution in [3.8, 4) is 0 Å². The predicted octanol–water partition coefficient (Wildman–Crippen LogP) is 13.2. The van der Waals surface area contributed by atoms with Crippen molar-refractivity contribution in [1.82, 2.24) is 4.90 Å². The Morgan fingerprint density at radius 2 is 0.538 bits per heavy atom. The number of carbonyl (C=O) groups excluding carboxylic acids is 1. The molecule has 0 spiro atoms. The topological polar surface area (TPSA) is 20.3 Å². The molecule has 236 valence electrons. The first kappa shape index (κ1) is 40.6. The molecule has 0 aliphatic carbocycles. The van der Waals surface area contributed by atoms with E-state index in [1.165, 1.54) is 186 Å². The van der Waals surface area contributed by atoms with E-state index in [4.69, 9.17) is 0 Å². The largest absolute Gasteiger partial charge is 0.343 e. The van der Waals surface area contributed by atoms with E-state index in [1.54, 1.807) is 6.92 Å². The van der Waals surface area contributed by atoms with Crippen molar-refractivity contribution in [3.63, 3.8) is 0 Å². The first-order valence-corrected chi connectivity index (χ1v) is 18.4. The summed E-state index contributed by atoms with van der Waals surface area (Å²) in [5, 5.41) is 0. The van der Waals surface area contributed by atoms with Gasteiger partial charge in [0.1, 0.15) is 0 Å². The maximum Gasteiger partial charge on any atom is 0.219 e. The Morgan fingerprint density at radius 3 is 0.718 bits per heavy atom. The maximum absolute atomic E-state index is 12.0. The third kappa shape index (κ3) is 37.5. The molecule has 0 aliphatic heterocycles. The van der Waals surface area contributed by atoms with E-state index < -0.39 is 0 Å². The summed E-state index contributed by atoms with van der Waals surface area (Å²) < 4.78 is 0. The maximum atomic E-state index is 12.0. The van der Waals surface area contributed by atoms with Crippen LogP contribution in [0.1, 0.15) is 221 Å². The molecule has 0 unspecified atom stereocenters. The fraction of sp³-hybridized carbons (Fsp3) is 0.973. The molecule has 0 aromatic rings. The van der Waals surface area contributed by atoms with Crippen LogP contribution in [0.25, 0.3) is 0 Å². The highest BCUT2D eigenvalue weighted by Crippen LogP contribution is 2.14. The zero-order chi connectivity index (χ0) is 29.1. The minimum atomic E-state index is 0.275. The number of unbranched alkanes of at least 4 members (excludes halogenated alkanes) is 26. The van der Waals surface area contributed by atoms with Gasteiger partial charge in [0.2, 0.25) is 5.91 Å². The van der Waals surface area contributed by atoms with Crippen LogP contribution < -0.4 is 0 Å². The summed E-state index contributed by atoms with van der Waals surface area (Å²) in [5.41, 5.74) is 0. The van der Waals surface area contributed by atoms with Gasteiger partial charge >= 0.3 is 0 Å². The third-order valence-corrected chi connectivity index (χ3v) is 8.22. The minimum absolute atomic E-state index is 0.275. The van der Waals surface area contributed by atoms with Crippen LogP contribution in [0.5, 0.6) is 0 Å². The van der Waals surface area contributed by atoms with E-state index in [1.807, 2.05) is 0 Å². The fourth-order valence-corrected chi connectivity index (χ4v) is 5.42. The lowest BCUT2D eigenvalue weighted by Gasteiger charge is -2.21. The zero-order valence-corrected chi connectivity index (χ0v) is 28.3. The fourth-order valence-electron chi connectivity index (χ4n) is 5.42. The number of rotatable bonds is 30. The van der Waals surface area contributed by atoms with Gasteiger partial charge in [-0.15, -0.1) is 0 Å². The molecule has 0 aromatic carbocycles. The van der Waals surface area contributed by atoms with Gasteiger partial charge in [-0.05, 0) is 12.8 Å². The Kier molecular flexibility index (Phi) is 39.0. The highest BCUT2D eigenvalue weighted by molar-refractivity contribution is 5.73. The Balaban J connectivity index is 0. The third-order valence-electron chi connectivity index (χ3n) is 8.22. The van der Waals surface area contributed by atoms with Crippen LogP contribution in [-0.2, 0) is 4.79 Å². The molecule has 1 amide bonds. The Morgan fingerprint density at radius 1 is 0.333 bits per heavy atom. The van der Waals surface area contributed by atoms with Gasteiger partial charge in [0.05, 0.1) is 0 Å². The van der Waals surface area contributed by atoms with Crippen LogP contribution in [0.2, 0.25) is 0 Å². The number of hydrogen-bond donors (Lipinski definition) is 0. The summed E-state index contributed by atoms with van der Waals surface area (Å²) in [7, 11) is 0. The SMILES string of the molecule is CCCCC.CCCCCCCCCCCCCCCCCN(CCCCCCCCCCCCC)C(C)=O. The number of amides is 1. The molecule has 0 radical (unpaired) electrons. The van der Waals surface area contributed by atoms with E-state index in [-0.39, 0.29) is 5.91 Å². The summed E-state index contributed by atoms with van der Waals surface area (Å²) >= 11 is 0. The summed E-state index contributed by atoms with van der Waals surface area (Å²) in [4.78, 5) is 14.1.